The number of rotatable bonds is 5. The van der Waals surface area contributed by atoms with E-state index in [9.17, 15) is 4.79 Å². The molecule has 0 aliphatic heterocycles. The van der Waals surface area contributed by atoms with Crippen molar-refractivity contribution < 1.29 is 9.53 Å². The molecule has 22 heavy (non-hydrogen) atoms. The molecule has 0 fully saturated rings. The van der Waals surface area contributed by atoms with Crippen molar-refractivity contribution in [1.29, 1.82) is 0 Å². The van der Waals surface area contributed by atoms with Crippen LogP contribution in [0, 0.1) is 13.8 Å². The second-order valence-electron chi connectivity index (χ2n) is 5.39. The predicted octanol–water partition coefficient (Wildman–Crippen LogP) is 4.32. The summed E-state index contributed by atoms with van der Waals surface area (Å²) in [6.07, 6.45) is 0. The Kier molecular flexibility index (Phi) is 5.61. The third-order valence-corrected chi connectivity index (χ3v) is 3.99. The van der Waals surface area contributed by atoms with E-state index >= 15 is 0 Å². The second kappa shape index (κ2) is 7.45. The highest BCUT2D eigenvalue weighted by Crippen LogP contribution is 2.19. The van der Waals surface area contributed by atoms with Crippen molar-refractivity contribution >= 4 is 21.8 Å². The number of halogens is 1. The second-order valence-corrected chi connectivity index (χ2v) is 6.31. The van der Waals surface area contributed by atoms with Crippen LogP contribution in [0.15, 0.2) is 46.9 Å². The minimum absolute atomic E-state index is 0.0107. The molecule has 0 heterocycles. The molecule has 1 N–H and O–H groups in total. The lowest BCUT2D eigenvalue weighted by atomic mass is 10.00. The summed E-state index contributed by atoms with van der Waals surface area (Å²) in [4.78, 5) is 12.0. The molecule has 3 nitrogen and oxygen atoms in total. The van der Waals surface area contributed by atoms with Gasteiger partial charge in [-0.05, 0) is 56.2 Å². The van der Waals surface area contributed by atoms with Crippen molar-refractivity contribution in [3.05, 3.63) is 63.6 Å². The zero-order chi connectivity index (χ0) is 16.1. The number of amides is 1. The zero-order valence-corrected chi connectivity index (χ0v) is 14.6. The lowest BCUT2D eigenvalue weighted by Gasteiger charge is -2.17. The van der Waals surface area contributed by atoms with E-state index in [1.165, 1.54) is 11.1 Å². The first-order valence-electron chi connectivity index (χ1n) is 7.20. The Morgan fingerprint density at radius 3 is 2.55 bits per heavy atom. The van der Waals surface area contributed by atoms with Gasteiger partial charge in [-0.3, -0.25) is 4.79 Å². The van der Waals surface area contributed by atoms with Gasteiger partial charge in [-0.15, -0.1) is 0 Å². The fourth-order valence-corrected chi connectivity index (χ4v) is 2.53. The molecule has 0 aliphatic carbocycles. The highest BCUT2D eigenvalue weighted by Gasteiger charge is 2.12. The van der Waals surface area contributed by atoms with Crippen LogP contribution in [0.4, 0.5) is 0 Å². The molecule has 2 aromatic carbocycles. The van der Waals surface area contributed by atoms with E-state index < -0.39 is 0 Å². The molecule has 1 atom stereocenters. The van der Waals surface area contributed by atoms with Crippen molar-refractivity contribution in [2.24, 2.45) is 0 Å². The van der Waals surface area contributed by atoms with Crippen molar-refractivity contribution in [3.8, 4) is 5.75 Å². The maximum absolute atomic E-state index is 12.0. The Bertz CT molecular complexity index is 653. The summed E-state index contributed by atoms with van der Waals surface area (Å²) in [5.74, 6) is 0.550. The number of benzene rings is 2. The Hall–Kier alpha value is -1.81. The van der Waals surface area contributed by atoms with Crippen LogP contribution in [-0.2, 0) is 4.79 Å². The van der Waals surface area contributed by atoms with Gasteiger partial charge in [0.15, 0.2) is 6.61 Å². The lowest BCUT2D eigenvalue weighted by molar-refractivity contribution is -0.123. The highest BCUT2D eigenvalue weighted by atomic mass is 79.9. The molecule has 2 rings (SSSR count). The number of nitrogens with one attached hydrogen (secondary N) is 1. The summed E-state index contributed by atoms with van der Waals surface area (Å²) in [5.41, 5.74) is 3.50. The maximum Gasteiger partial charge on any atom is 0.258 e. The van der Waals surface area contributed by atoms with E-state index in [2.05, 4.69) is 46.4 Å². The quantitative estimate of drug-likeness (QED) is 0.860. The predicted molar refractivity (Wildman–Crippen MR) is 92.1 cm³/mol. The Morgan fingerprint density at radius 1 is 1.18 bits per heavy atom. The molecule has 0 saturated carbocycles. The van der Waals surface area contributed by atoms with Gasteiger partial charge in [-0.25, -0.2) is 0 Å². The van der Waals surface area contributed by atoms with E-state index in [-0.39, 0.29) is 18.6 Å². The molecule has 2 aromatic rings. The van der Waals surface area contributed by atoms with E-state index in [1.807, 2.05) is 38.1 Å². The maximum atomic E-state index is 12.0. The van der Waals surface area contributed by atoms with Crippen molar-refractivity contribution in [2.75, 3.05) is 6.61 Å². The summed E-state index contributed by atoms with van der Waals surface area (Å²) < 4.78 is 6.46. The molecule has 116 valence electrons. The van der Waals surface area contributed by atoms with Crippen LogP contribution < -0.4 is 10.1 Å². The lowest BCUT2D eigenvalue weighted by Crippen LogP contribution is -2.31. The van der Waals surface area contributed by atoms with Crippen LogP contribution in [0.25, 0.3) is 0 Å². The average molecular weight is 362 g/mol. The molecule has 1 unspecified atom stereocenters. The molecule has 1 amide bonds. The number of ether oxygens (including phenoxy) is 1. The molecule has 0 aliphatic rings. The SMILES string of the molecule is Cc1ccc(C)c(C(C)NC(=O)COc2ccc(Br)cc2)c1. The fraction of sp³-hybridized carbons (Fsp3) is 0.278. The molecule has 0 spiro atoms. The van der Waals surface area contributed by atoms with Crippen molar-refractivity contribution in [1.82, 2.24) is 5.32 Å². The summed E-state index contributed by atoms with van der Waals surface area (Å²) >= 11 is 3.36. The summed E-state index contributed by atoms with van der Waals surface area (Å²) in [7, 11) is 0. The topological polar surface area (TPSA) is 38.3 Å². The Morgan fingerprint density at radius 2 is 1.86 bits per heavy atom. The van der Waals surface area contributed by atoms with E-state index in [4.69, 9.17) is 4.74 Å². The van der Waals surface area contributed by atoms with Gasteiger partial charge in [0, 0.05) is 4.47 Å². The summed E-state index contributed by atoms with van der Waals surface area (Å²) in [5, 5.41) is 2.97. The van der Waals surface area contributed by atoms with Crippen LogP contribution in [0.3, 0.4) is 0 Å². The normalized spacial score (nSPS) is 11.8. The minimum Gasteiger partial charge on any atom is -0.484 e. The number of carbonyl (C=O) groups excluding carboxylic acids is 1. The average Bonchev–Trinajstić information content (AvgIpc) is 2.49. The first kappa shape index (κ1) is 16.6. The third kappa shape index (κ3) is 4.60. The number of hydrogen-bond acceptors (Lipinski definition) is 2. The third-order valence-electron chi connectivity index (χ3n) is 3.46. The molecule has 0 bridgehead atoms. The number of carbonyl (C=O) groups is 1. The van der Waals surface area contributed by atoms with Crippen molar-refractivity contribution in [3.63, 3.8) is 0 Å². The van der Waals surface area contributed by atoms with E-state index in [1.54, 1.807) is 0 Å². The highest BCUT2D eigenvalue weighted by molar-refractivity contribution is 9.10. The molecule has 4 heteroatoms. The van der Waals surface area contributed by atoms with Crippen LogP contribution in [0.2, 0.25) is 0 Å². The zero-order valence-electron chi connectivity index (χ0n) is 13.0. The van der Waals surface area contributed by atoms with Gasteiger partial charge >= 0.3 is 0 Å². The van der Waals surface area contributed by atoms with Gasteiger partial charge in [0.25, 0.3) is 5.91 Å². The first-order chi connectivity index (χ1) is 10.5. The molecule has 0 aromatic heterocycles. The first-order valence-corrected chi connectivity index (χ1v) is 8.00. The molecular weight excluding hydrogens is 342 g/mol. The smallest absolute Gasteiger partial charge is 0.258 e. The fourth-order valence-electron chi connectivity index (χ4n) is 2.27. The van der Waals surface area contributed by atoms with Crippen LogP contribution in [0.1, 0.15) is 29.7 Å². The number of aryl methyl sites for hydroxylation is 2. The number of hydrogen-bond donors (Lipinski definition) is 1. The Balaban J connectivity index is 1.91. The monoisotopic (exact) mass is 361 g/mol. The summed E-state index contributed by atoms with van der Waals surface area (Å²) in [6.45, 7) is 6.10. The Labute approximate surface area is 139 Å². The van der Waals surface area contributed by atoms with Gasteiger partial charge in [0.1, 0.15) is 5.75 Å². The minimum atomic E-state index is -0.128. The van der Waals surface area contributed by atoms with Gasteiger partial charge < -0.3 is 10.1 Å². The largest absolute Gasteiger partial charge is 0.484 e. The van der Waals surface area contributed by atoms with Gasteiger partial charge in [0.05, 0.1) is 6.04 Å². The molecule has 0 saturated heterocycles. The van der Waals surface area contributed by atoms with Gasteiger partial charge in [0.2, 0.25) is 0 Å². The molecular formula is C18H20BrNO2. The summed E-state index contributed by atoms with van der Waals surface area (Å²) in [6, 6.07) is 13.6. The van der Waals surface area contributed by atoms with Crippen LogP contribution in [-0.4, -0.2) is 12.5 Å². The van der Waals surface area contributed by atoms with Crippen molar-refractivity contribution in [2.45, 2.75) is 26.8 Å². The van der Waals surface area contributed by atoms with Crippen LogP contribution >= 0.6 is 15.9 Å². The van der Waals surface area contributed by atoms with E-state index in [0.29, 0.717) is 5.75 Å². The van der Waals surface area contributed by atoms with E-state index in [0.717, 1.165) is 10.0 Å². The molecule has 0 radical (unpaired) electrons. The van der Waals surface area contributed by atoms with Crippen LogP contribution in [0.5, 0.6) is 5.75 Å². The van der Waals surface area contributed by atoms with Gasteiger partial charge in [-0.2, -0.15) is 0 Å². The van der Waals surface area contributed by atoms with Gasteiger partial charge in [-0.1, -0.05) is 39.7 Å². The standard InChI is InChI=1S/C18H20BrNO2/c1-12-4-5-13(2)17(10-12)14(3)20-18(21)11-22-16-8-6-15(19)7-9-16/h4-10,14H,11H2,1-3H3,(H,20,21).